The third-order valence-electron chi connectivity index (χ3n) is 3.11. The first-order valence-corrected chi connectivity index (χ1v) is 6.75. The summed E-state index contributed by atoms with van der Waals surface area (Å²) in [6.45, 7) is 0. The summed E-state index contributed by atoms with van der Waals surface area (Å²) in [7, 11) is 0. The molecule has 1 aliphatic rings. The molecule has 0 fully saturated rings. The van der Waals surface area contributed by atoms with Crippen molar-refractivity contribution < 1.29 is 20.1 Å². The van der Waals surface area contributed by atoms with Crippen LogP contribution in [0.4, 0.5) is 0 Å². The van der Waals surface area contributed by atoms with Crippen molar-refractivity contribution in [3.8, 4) is 23.0 Å². The largest absolute Gasteiger partial charge is 0.508 e. The number of rotatable bonds is 1. The van der Waals surface area contributed by atoms with Gasteiger partial charge in [-0.1, -0.05) is 0 Å². The number of fused-ring (bicyclic) bond motifs is 1. The number of hydrogen-bond acceptors (Lipinski definition) is 4. The predicted molar refractivity (Wildman–Crippen MR) is 77.9 cm³/mol. The molecule has 0 aliphatic carbocycles. The Balaban J connectivity index is 1.99. The summed E-state index contributed by atoms with van der Waals surface area (Å²) in [4.78, 5) is 0. The number of halogens is 1. The smallest absolute Gasteiger partial charge is 0.138 e. The summed E-state index contributed by atoms with van der Waals surface area (Å²) < 4.78 is 6.29. The first-order chi connectivity index (χ1) is 9.54. The number of hydrogen-bond donors (Lipinski definition) is 3. The minimum Gasteiger partial charge on any atom is -0.508 e. The molecule has 0 spiro atoms. The van der Waals surface area contributed by atoms with Crippen LogP contribution in [-0.4, -0.2) is 15.3 Å². The van der Waals surface area contributed by atoms with Crippen LogP contribution in [0.5, 0.6) is 23.0 Å². The van der Waals surface area contributed by atoms with Crippen LogP contribution < -0.4 is 4.74 Å². The van der Waals surface area contributed by atoms with Crippen LogP contribution in [0.3, 0.4) is 0 Å². The van der Waals surface area contributed by atoms with Crippen LogP contribution in [0.2, 0.25) is 0 Å². The van der Waals surface area contributed by atoms with Gasteiger partial charge in [-0.05, 0) is 40.2 Å². The summed E-state index contributed by atoms with van der Waals surface area (Å²) >= 11 is 3.25. The van der Waals surface area contributed by atoms with Crippen molar-refractivity contribution in [3.63, 3.8) is 0 Å². The highest BCUT2D eigenvalue weighted by atomic mass is 79.9. The molecule has 0 unspecified atom stereocenters. The second-order valence-electron chi connectivity index (χ2n) is 4.48. The van der Waals surface area contributed by atoms with Crippen molar-refractivity contribution in [2.75, 3.05) is 0 Å². The van der Waals surface area contributed by atoms with E-state index in [1.165, 1.54) is 12.1 Å². The van der Waals surface area contributed by atoms with Crippen LogP contribution in [-0.2, 0) is 6.42 Å². The highest BCUT2D eigenvalue weighted by Gasteiger charge is 2.18. The van der Waals surface area contributed by atoms with E-state index in [1.807, 2.05) is 6.08 Å². The average Bonchev–Trinajstić information content (AvgIpc) is 2.41. The van der Waals surface area contributed by atoms with Crippen LogP contribution in [0.15, 0.2) is 40.9 Å². The lowest BCUT2D eigenvalue weighted by atomic mass is 10.0. The molecule has 5 heteroatoms. The zero-order chi connectivity index (χ0) is 14.3. The van der Waals surface area contributed by atoms with Crippen molar-refractivity contribution in [1.82, 2.24) is 0 Å². The predicted octanol–water partition coefficient (Wildman–Crippen LogP) is 3.54. The lowest BCUT2D eigenvalue weighted by Gasteiger charge is -2.19. The number of ether oxygens (including phenoxy) is 1. The Kier molecular flexibility index (Phi) is 3.06. The van der Waals surface area contributed by atoms with Gasteiger partial charge in [0.25, 0.3) is 0 Å². The first-order valence-electron chi connectivity index (χ1n) is 5.96. The SMILES string of the molecule is Oc1cc(O)c2c(c1)OC(c1ccc(O)c(Br)c1)=CC2. The summed E-state index contributed by atoms with van der Waals surface area (Å²) in [6.07, 6.45) is 2.35. The second-order valence-corrected chi connectivity index (χ2v) is 5.34. The fraction of sp³-hybridized carbons (Fsp3) is 0.0667. The fourth-order valence-electron chi connectivity index (χ4n) is 2.10. The Labute approximate surface area is 123 Å². The van der Waals surface area contributed by atoms with E-state index in [9.17, 15) is 15.3 Å². The van der Waals surface area contributed by atoms with Gasteiger partial charge in [-0.2, -0.15) is 0 Å². The minimum atomic E-state index is -0.0469. The lowest BCUT2D eigenvalue weighted by Crippen LogP contribution is -2.04. The average molecular weight is 335 g/mol. The van der Waals surface area contributed by atoms with Crippen LogP contribution in [0.1, 0.15) is 11.1 Å². The minimum absolute atomic E-state index is 0.0159. The third kappa shape index (κ3) is 2.20. The maximum atomic E-state index is 9.76. The van der Waals surface area contributed by atoms with Gasteiger partial charge in [-0.3, -0.25) is 0 Å². The van der Waals surface area contributed by atoms with Gasteiger partial charge < -0.3 is 20.1 Å². The zero-order valence-electron chi connectivity index (χ0n) is 10.3. The monoisotopic (exact) mass is 334 g/mol. The van der Waals surface area contributed by atoms with E-state index in [0.29, 0.717) is 28.0 Å². The van der Waals surface area contributed by atoms with E-state index in [1.54, 1.807) is 18.2 Å². The molecule has 0 saturated heterocycles. The van der Waals surface area contributed by atoms with Gasteiger partial charge in [0.15, 0.2) is 0 Å². The number of aromatic hydroxyl groups is 3. The summed E-state index contributed by atoms with van der Waals surface area (Å²) in [5.74, 6) is 1.17. The lowest BCUT2D eigenvalue weighted by molar-refractivity contribution is 0.427. The number of allylic oxidation sites excluding steroid dienone is 1. The van der Waals surface area contributed by atoms with Crippen molar-refractivity contribution in [2.45, 2.75) is 6.42 Å². The van der Waals surface area contributed by atoms with Crippen molar-refractivity contribution in [2.24, 2.45) is 0 Å². The molecule has 0 aromatic heterocycles. The molecule has 20 heavy (non-hydrogen) atoms. The molecule has 0 radical (unpaired) electrons. The Hall–Kier alpha value is -2.14. The number of phenolic OH excluding ortho intramolecular Hbond substituents is 3. The van der Waals surface area contributed by atoms with Crippen molar-refractivity contribution >= 4 is 21.7 Å². The molecule has 3 rings (SSSR count). The quantitative estimate of drug-likeness (QED) is 0.746. The van der Waals surface area contributed by atoms with Gasteiger partial charge in [0, 0.05) is 29.7 Å². The van der Waals surface area contributed by atoms with E-state index in [-0.39, 0.29) is 17.2 Å². The molecule has 2 aromatic rings. The van der Waals surface area contributed by atoms with Gasteiger partial charge >= 0.3 is 0 Å². The second kappa shape index (κ2) is 4.76. The van der Waals surface area contributed by atoms with Gasteiger partial charge in [0.1, 0.15) is 28.8 Å². The number of benzene rings is 2. The van der Waals surface area contributed by atoms with Crippen molar-refractivity contribution in [1.29, 1.82) is 0 Å². The van der Waals surface area contributed by atoms with E-state index < -0.39 is 0 Å². The maximum absolute atomic E-state index is 9.76. The molecule has 0 amide bonds. The molecule has 3 N–H and O–H groups in total. The number of phenols is 3. The summed E-state index contributed by atoms with van der Waals surface area (Å²) in [5.41, 5.74) is 1.44. The van der Waals surface area contributed by atoms with Crippen LogP contribution in [0.25, 0.3) is 5.76 Å². The normalized spacial score (nSPS) is 13.3. The van der Waals surface area contributed by atoms with Crippen molar-refractivity contribution in [3.05, 3.63) is 52.0 Å². The van der Waals surface area contributed by atoms with E-state index in [0.717, 1.165) is 5.56 Å². The molecule has 0 atom stereocenters. The molecular weight excluding hydrogens is 324 g/mol. The van der Waals surface area contributed by atoms with Crippen LogP contribution in [0, 0.1) is 0 Å². The Morgan fingerprint density at radius 1 is 1.00 bits per heavy atom. The zero-order valence-corrected chi connectivity index (χ0v) is 11.9. The molecule has 1 heterocycles. The topological polar surface area (TPSA) is 69.9 Å². The molecular formula is C15H11BrO4. The van der Waals surface area contributed by atoms with Gasteiger partial charge in [0.2, 0.25) is 0 Å². The summed E-state index contributed by atoms with van der Waals surface area (Å²) in [5, 5.41) is 28.8. The Bertz CT molecular complexity index is 722. The van der Waals surface area contributed by atoms with E-state index in [4.69, 9.17) is 4.74 Å². The van der Waals surface area contributed by atoms with Gasteiger partial charge in [-0.25, -0.2) is 0 Å². The van der Waals surface area contributed by atoms with Gasteiger partial charge in [-0.15, -0.1) is 0 Å². The maximum Gasteiger partial charge on any atom is 0.138 e. The highest BCUT2D eigenvalue weighted by molar-refractivity contribution is 9.10. The molecule has 2 aromatic carbocycles. The Morgan fingerprint density at radius 3 is 2.55 bits per heavy atom. The van der Waals surface area contributed by atoms with E-state index in [2.05, 4.69) is 15.9 Å². The van der Waals surface area contributed by atoms with Gasteiger partial charge in [0.05, 0.1) is 4.47 Å². The third-order valence-corrected chi connectivity index (χ3v) is 3.75. The van der Waals surface area contributed by atoms with Crippen LogP contribution >= 0.6 is 15.9 Å². The standard InChI is InChI=1S/C15H11BrO4/c16-11-5-8(1-3-12(11)18)14-4-2-10-13(19)6-9(17)7-15(10)20-14/h1,3-7,17-19H,2H2. The molecule has 1 aliphatic heterocycles. The summed E-state index contributed by atoms with van der Waals surface area (Å²) in [6, 6.07) is 7.81. The molecule has 0 bridgehead atoms. The first kappa shape index (κ1) is 12.9. The fourth-order valence-corrected chi connectivity index (χ4v) is 2.48. The molecule has 4 nitrogen and oxygen atoms in total. The Morgan fingerprint density at radius 2 is 1.80 bits per heavy atom. The molecule has 102 valence electrons. The molecule has 0 saturated carbocycles. The highest BCUT2D eigenvalue weighted by Crippen LogP contribution is 2.39. The van der Waals surface area contributed by atoms with E-state index >= 15 is 0 Å².